The van der Waals surface area contributed by atoms with E-state index in [1.54, 1.807) is 11.1 Å². The van der Waals surface area contributed by atoms with Gasteiger partial charge in [-0.3, -0.25) is 14.7 Å². The predicted octanol–water partition coefficient (Wildman–Crippen LogP) is 5.24. The van der Waals surface area contributed by atoms with Crippen molar-refractivity contribution in [1.82, 2.24) is 14.8 Å². The summed E-state index contributed by atoms with van der Waals surface area (Å²) < 4.78 is 1.80. The zero-order valence-electron chi connectivity index (χ0n) is 18.4. The van der Waals surface area contributed by atoms with E-state index >= 15 is 0 Å². The molecule has 1 aliphatic heterocycles. The van der Waals surface area contributed by atoms with E-state index in [9.17, 15) is 14.7 Å². The lowest BCUT2D eigenvalue weighted by Crippen LogP contribution is -2.59. The minimum atomic E-state index is -0.974. The molecule has 0 radical (unpaired) electrons. The normalized spacial score (nSPS) is 20.7. The number of halogens is 3. The number of aryl methyl sites for hydroxylation is 2. The molecule has 1 N–H and O–H groups in total. The Bertz CT molecular complexity index is 1080. The molecular weight excluding hydrogens is 574 g/mol. The van der Waals surface area contributed by atoms with Crippen LogP contribution in [-0.4, -0.2) is 57.4 Å². The Morgan fingerprint density at radius 3 is 2.67 bits per heavy atom. The van der Waals surface area contributed by atoms with Crippen LogP contribution in [0.15, 0.2) is 33.3 Å². The standard InChI is InChI=1S/C24H26Br2ClN3O3/c1-2-3-4-20(31)30-8-7-29(13-19(30)24(32)33)23-21-14(10-17(27)11-18(21)26)5-6-15-9-16(25)12-28-22(15)23/h9-12,19,23H,2-8,13H2,1H3,(H,32,33). The fourth-order valence-electron chi connectivity index (χ4n) is 4.87. The SMILES string of the molecule is CCCCC(=O)N1CCN(C2c3ncc(Br)cc3CCc3cc(Cl)cc(Br)c32)CC1C(=O)O. The first-order valence-corrected chi connectivity index (χ1v) is 13.1. The molecule has 9 heteroatoms. The molecule has 6 nitrogen and oxygen atoms in total. The van der Waals surface area contributed by atoms with Gasteiger partial charge in [-0.1, -0.05) is 40.9 Å². The Morgan fingerprint density at radius 1 is 1.18 bits per heavy atom. The number of carbonyl (C=O) groups is 2. The maximum atomic E-state index is 12.7. The van der Waals surface area contributed by atoms with Crippen LogP contribution in [0.25, 0.3) is 0 Å². The molecule has 0 saturated carbocycles. The molecule has 0 bridgehead atoms. The topological polar surface area (TPSA) is 73.7 Å². The molecule has 1 saturated heterocycles. The average molecular weight is 600 g/mol. The van der Waals surface area contributed by atoms with Crippen molar-refractivity contribution in [3.8, 4) is 0 Å². The maximum absolute atomic E-state index is 12.7. The van der Waals surface area contributed by atoms with E-state index in [4.69, 9.17) is 16.6 Å². The Kier molecular flexibility index (Phi) is 7.78. The highest BCUT2D eigenvalue weighted by Crippen LogP contribution is 2.42. The zero-order valence-corrected chi connectivity index (χ0v) is 22.3. The Morgan fingerprint density at radius 2 is 1.94 bits per heavy atom. The van der Waals surface area contributed by atoms with Crippen molar-refractivity contribution in [2.45, 2.75) is 51.1 Å². The van der Waals surface area contributed by atoms with E-state index in [2.05, 4.69) is 42.8 Å². The number of aromatic nitrogens is 1. The van der Waals surface area contributed by atoms with Crippen LogP contribution in [0.1, 0.15) is 54.6 Å². The molecule has 1 aliphatic carbocycles. The second-order valence-corrected chi connectivity index (χ2v) is 10.8. The summed E-state index contributed by atoms with van der Waals surface area (Å²) in [6.07, 6.45) is 5.47. The monoisotopic (exact) mass is 597 g/mol. The van der Waals surface area contributed by atoms with Gasteiger partial charge in [0.1, 0.15) is 6.04 Å². The van der Waals surface area contributed by atoms with E-state index in [1.807, 2.05) is 19.1 Å². The number of pyridine rings is 1. The minimum Gasteiger partial charge on any atom is -0.480 e. The fraction of sp³-hybridized carbons (Fsp3) is 0.458. The van der Waals surface area contributed by atoms with Crippen LogP contribution in [-0.2, 0) is 22.4 Å². The number of carboxylic acids is 1. The number of piperazine rings is 1. The Balaban J connectivity index is 1.75. The first-order chi connectivity index (χ1) is 15.8. The number of nitrogens with zero attached hydrogens (tertiary/aromatic N) is 3. The largest absolute Gasteiger partial charge is 0.480 e. The van der Waals surface area contributed by atoms with Crippen LogP contribution in [0.4, 0.5) is 0 Å². The minimum absolute atomic E-state index is 0.0828. The van der Waals surface area contributed by atoms with Crippen molar-refractivity contribution in [2.75, 3.05) is 19.6 Å². The molecule has 2 heterocycles. The summed E-state index contributed by atoms with van der Waals surface area (Å²) in [7, 11) is 0. The van der Waals surface area contributed by atoms with Crippen LogP contribution in [0.3, 0.4) is 0 Å². The molecule has 1 aromatic heterocycles. The summed E-state index contributed by atoms with van der Waals surface area (Å²) in [6.45, 7) is 3.21. The van der Waals surface area contributed by atoms with E-state index in [0.29, 0.717) is 24.5 Å². The molecule has 33 heavy (non-hydrogen) atoms. The number of hydrogen-bond donors (Lipinski definition) is 1. The summed E-state index contributed by atoms with van der Waals surface area (Å²) in [4.78, 5) is 33.4. The van der Waals surface area contributed by atoms with Gasteiger partial charge in [0, 0.05) is 46.2 Å². The highest BCUT2D eigenvalue weighted by molar-refractivity contribution is 9.10. The highest BCUT2D eigenvalue weighted by Gasteiger charge is 2.40. The van der Waals surface area contributed by atoms with E-state index in [0.717, 1.165) is 57.0 Å². The average Bonchev–Trinajstić information content (AvgIpc) is 2.93. The zero-order chi connectivity index (χ0) is 23.7. The van der Waals surface area contributed by atoms with Gasteiger partial charge in [-0.2, -0.15) is 0 Å². The molecule has 2 aliphatic rings. The highest BCUT2D eigenvalue weighted by atomic mass is 79.9. The summed E-state index contributed by atoms with van der Waals surface area (Å²) >= 11 is 13.6. The second kappa shape index (κ2) is 10.4. The van der Waals surface area contributed by atoms with Gasteiger partial charge in [0.2, 0.25) is 5.91 Å². The third kappa shape index (κ3) is 5.14. The van der Waals surface area contributed by atoms with Crippen LogP contribution in [0.2, 0.25) is 5.02 Å². The van der Waals surface area contributed by atoms with E-state index < -0.39 is 12.0 Å². The molecule has 176 valence electrons. The van der Waals surface area contributed by atoms with E-state index in [1.165, 1.54) is 0 Å². The number of benzene rings is 1. The van der Waals surface area contributed by atoms with Crippen molar-refractivity contribution in [1.29, 1.82) is 0 Å². The molecule has 2 aromatic rings. The van der Waals surface area contributed by atoms with Gasteiger partial charge >= 0.3 is 5.97 Å². The quantitative estimate of drug-likeness (QED) is 0.509. The molecule has 2 unspecified atom stereocenters. The Labute approximate surface area is 215 Å². The number of hydrogen-bond acceptors (Lipinski definition) is 4. The number of fused-ring (bicyclic) bond motifs is 2. The summed E-state index contributed by atoms with van der Waals surface area (Å²) in [6, 6.07) is 4.85. The lowest BCUT2D eigenvalue weighted by molar-refractivity contribution is -0.154. The molecule has 2 atom stereocenters. The number of rotatable bonds is 5. The van der Waals surface area contributed by atoms with Crippen molar-refractivity contribution in [2.24, 2.45) is 0 Å². The summed E-state index contributed by atoms with van der Waals surface area (Å²) in [5.41, 5.74) is 4.25. The fourth-order valence-corrected chi connectivity index (χ4v) is 6.34. The maximum Gasteiger partial charge on any atom is 0.327 e. The third-order valence-electron chi connectivity index (χ3n) is 6.47. The Hall–Kier alpha value is -1.48. The van der Waals surface area contributed by atoms with Crippen LogP contribution in [0, 0.1) is 0 Å². The van der Waals surface area contributed by atoms with E-state index in [-0.39, 0.29) is 18.5 Å². The van der Waals surface area contributed by atoms with Gasteiger partial charge in [-0.05, 0) is 70.1 Å². The van der Waals surface area contributed by atoms with Crippen LogP contribution in [0.5, 0.6) is 0 Å². The lowest BCUT2D eigenvalue weighted by atomic mass is 9.95. The molecule has 4 rings (SSSR count). The van der Waals surface area contributed by atoms with Gasteiger partial charge < -0.3 is 10.0 Å². The third-order valence-corrected chi connectivity index (χ3v) is 7.78. The first-order valence-electron chi connectivity index (χ1n) is 11.2. The van der Waals surface area contributed by atoms with Gasteiger partial charge in [0.15, 0.2) is 0 Å². The van der Waals surface area contributed by atoms with Gasteiger partial charge in [-0.25, -0.2) is 4.79 Å². The van der Waals surface area contributed by atoms with Gasteiger partial charge in [-0.15, -0.1) is 0 Å². The number of unbranched alkanes of at least 4 members (excludes halogenated alkanes) is 1. The molecule has 1 fully saturated rings. The second-order valence-electron chi connectivity index (χ2n) is 8.60. The number of carboxylic acid groups (broad SMARTS) is 1. The molecule has 0 spiro atoms. The number of carbonyl (C=O) groups excluding carboxylic acids is 1. The predicted molar refractivity (Wildman–Crippen MR) is 135 cm³/mol. The summed E-state index contributed by atoms with van der Waals surface area (Å²) in [5.74, 6) is -1.06. The summed E-state index contributed by atoms with van der Waals surface area (Å²) in [5, 5.41) is 10.7. The van der Waals surface area contributed by atoms with Crippen LogP contribution < -0.4 is 0 Å². The van der Waals surface area contributed by atoms with Gasteiger partial charge in [0.25, 0.3) is 0 Å². The van der Waals surface area contributed by atoms with Crippen molar-refractivity contribution < 1.29 is 14.7 Å². The number of aliphatic carboxylic acids is 1. The number of amides is 1. The van der Waals surface area contributed by atoms with Crippen molar-refractivity contribution >= 4 is 55.3 Å². The first kappa shape index (κ1) is 24.6. The van der Waals surface area contributed by atoms with Gasteiger partial charge in [0.05, 0.1) is 11.7 Å². The van der Waals surface area contributed by atoms with Crippen molar-refractivity contribution in [3.63, 3.8) is 0 Å². The smallest absolute Gasteiger partial charge is 0.327 e. The molecule has 1 aromatic carbocycles. The van der Waals surface area contributed by atoms with Crippen LogP contribution >= 0.6 is 43.5 Å². The van der Waals surface area contributed by atoms with Crippen molar-refractivity contribution in [3.05, 3.63) is 60.7 Å². The lowest BCUT2D eigenvalue weighted by Gasteiger charge is -2.43. The molecular formula is C24H26Br2ClN3O3. The molecule has 1 amide bonds.